The highest BCUT2D eigenvalue weighted by molar-refractivity contribution is 5.79. The van der Waals surface area contributed by atoms with Crippen molar-refractivity contribution in [3.63, 3.8) is 0 Å². The Morgan fingerprint density at radius 1 is 1.12 bits per heavy atom. The molecule has 1 N–H and O–H groups in total. The number of nitrogens with zero attached hydrogens (tertiary/aromatic N) is 2. The van der Waals surface area contributed by atoms with Crippen LogP contribution in [0.5, 0.6) is 0 Å². The molecule has 0 radical (unpaired) electrons. The minimum absolute atomic E-state index is 0.0284. The third-order valence-electron chi connectivity index (χ3n) is 4.88. The fourth-order valence-corrected chi connectivity index (χ4v) is 3.39. The lowest BCUT2D eigenvalue weighted by molar-refractivity contribution is -0.135. The first kappa shape index (κ1) is 17.9. The lowest BCUT2D eigenvalue weighted by Crippen LogP contribution is -2.41. The third-order valence-corrected chi connectivity index (χ3v) is 4.88. The molecule has 0 saturated carbocycles. The first-order valence-electron chi connectivity index (χ1n) is 9.12. The zero-order valence-electron chi connectivity index (χ0n) is 14.7. The van der Waals surface area contributed by atoms with Crippen LogP contribution in [0.25, 0.3) is 0 Å². The van der Waals surface area contributed by atoms with Gasteiger partial charge in [-0.1, -0.05) is 30.3 Å². The summed E-state index contributed by atoms with van der Waals surface area (Å²) < 4.78 is 5.33. The number of benzene rings is 1. The standard InChI is InChI=1S/C19H27N3O3/c23-18(20-13-16-5-2-1-3-6-16)14-21-8-4-9-22(11-10-21)19(24)17-7-12-25-15-17/h1-3,5-6,17H,4,7-15H2,(H,20,23). The molecule has 3 rings (SSSR count). The second-order valence-corrected chi connectivity index (χ2v) is 6.78. The number of amides is 2. The number of rotatable bonds is 5. The second kappa shape index (κ2) is 8.97. The monoisotopic (exact) mass is 345 g/mol. The maximum Gasteiger partial charge on any atom is 0.234 e. The Labute approximate surface area is 149 Å². The Kier molecular flexibility index (Phi) is 6.42. The molecule has 2 aliphatic heterocycles. The molecule has 0 aliphatic carbocycles. The van der Waals surface area contributed by atoms with E-state index in [9.17, 15) is 9.59 Å². The van der Waals surface area contributed by atoms with E-state index in [1.54, 1.807) is 0 Å². The van der Waals surface area contributed by atoms with Crippen LogP contribution in [0.1, 0.15) is 18.4 Å². The van der Waals surface area contributed by atoms with Gasteiger partial charge in [-0.15, -0.1) is 0 Å². The van der Waals surface area contributed by atoms with Gasteiger partial charge >= 0.3 is 0 Å². The fraction of sp³-hybridized carbons (Fsp3) is 0.579. The number of ether oxygens (including phenoxy) is 1. The van der Waals surface area contributed by atoms with E-state index in [-0.39, 0.29) is 17.7 Å². The Hall–Kier alpha value is -1.92. The molecule has 2 aliphatic rings. The first-order chi connectivity index (χ1) is 12.2. The van der Waals surface area contributed by atoms with E-state index >= 15 is 0 Å². The van der Waals surface area contributed by atoms with Crippen LogP contribution in [0.2, 0.25) is 0 Å². The second-order valence-electron chi connectivity index (χ2n) is 6.78. The number of carbonyl (C=O) groups is 2. The van der Waals surface area contributed by atoms with E-state index in [4.69, 9.17) is 4.74 Å². The van der Waals surface area contributed by atoms with Crippen LogP contribution >= 0.6 is 0 Å². The van der Waals surface area contributed by atoms with Gasteiger partial charge in [-0.05, 0) is 18.4 Å². The number of hydrogen-bond donors (Lipinski definition) is 1. The van der Waals surface area contributed by atoms with E-state index in [1.165, 1.54) is 0 Å². The number of carbonyl (C=O) groups excluding carboxylic acids is 2. The predicted molar refractivity (Wildman–Crippen MR) is 94.9 cm³/mol. The van der Waals surface area contributed by atoms with Crippen molar-refractivity contribution in [3.8, 4) is 0 Å². The van der Waals surface area contributed by atoms with Crippen molar-refractivity contribution >= 4 is 11.8 Å². The largest absolute Gasteiger partial charge is 0.381 e. The summed E-state index contributed by atoms with van der Waals surface area (Å²) in [6.45, 7) is 5.26. The summed E-state index contributed by atoms with van der Waals surface area (Å²) in [4.78, 5) is 28.7. The molecule has 2 saturated heterocycles. The Morgan fingerprint density at radius 3 is 2.72 bits per heavy atom. The van der Waals surface area contributed by atoms with Crippen molar-refractivity contribution in [2.75, 3.05) is 45.9 Å². The van der Waals surface area contributed by atoms with Crippen molar-refractivity contribution in [1.82, 2.24) is 15.1 Å². The van der Waals surface area contributed by atoms with Crippen molar-refractivity contribution in [1.29, 1.82) is 0 Å². The molecule has 1 atom stereocenters. The smallest absolute Gasteiger partial charge is 0.234 e. The van der Waals surface area contributed by atoms with Gasteiger partial charge < -0.3 is 15.0 Å². The zero-order chi connectivity index (χ0) is 17.5. The van der Waals surface area contributed by atoms with E-state index in [0.29, 0.717) is 32.8 Å². The minimum atomic E-state index is 0.0284. The Morgan fingerprint density at radius 2 is 1.96 bits per heavy atom. The molecule has 2 amide bonds. The summed E-state index contributed by atoms with van der Waals surface area (Å²) in [5.41, 5.74) is 1.10. The zero-order valence-corrected chi connectivity index (χ0v) is 14.7. The van der Waals surface area contributed by atoms with Gasteiger partial charge in [-0.3, -0.25) is 14.5 Å². The maximum absolute atomic E-state index is 12.5. The third kappa shape index (κ3) is 5.28. The van der Waals surface area contributed by atoms with E-state index in [2.05, 4.69) is 10.2 Å². The minimum Gasteiger partial charge on any atom is -0.381 e. The summed E-state index contributed by atoms with van der Waals surface area (Å²) >= 11 is 0. The van der Waals surface area contributed by atoms with Crippen molar-refractivity contribution in [2.45, 2.75) is 19.4 Å². The van der Waals surface area contributed by atoms with Crippen LogP contribution in [0.15, 0.2) is 30.3 Å². The Balaban J connectivity index is 1.41. The summed E-state index contributed by atoms with van der Waals surface area (Å²) in [5, 5.41) is 2.97. The van der Waals surface area contributed by atoms with Gasteiger partial charge in [0.05, 0.1) is 19.1 Å². The predicted octanol–water partition coefficient (Wildman–Crippen LogP) is 0.874. The van der Waals surface area contributed by atoms with E-state index in [1.807, 2.05) is 35.2 Å². The molecule has 0 spiro atoms. The molecule has 1 aromatic carbocycles. The quantitative estimate of drug-likeness (QED) is 0.860. The fourth-order valence-electron chi connectivity index (χ4n) is 3.39. The topological polar surface area (TPSA) is 61.9 Å². The molecule has 25 heavy (non-hydrogen) atoms. The van der Waals surface area contributed by atoms with Gasteiger partial charge in [0.15, 0.2) is 0 Å². The van der Waals surface area contributed by atoms with Crippen LogP contribution < -0.4 is 5.32 Å². The molecule has 1 aromatic rings. The lowest BCUT2D eigenvalue weighted by Gasteiger charge is -2.24. The number of nitrogens with one attached hydrogen (secondary N) is 1. The van der Waals surface area contributed by atoms with Crippen molar-refractivity contribution < 1.29 is 14.3 Å². The summed E-state index contributed by atoms with van der Waals surface area (Å²) in [6.07, 6.45) is 1.74. The summed E-state index contributed by atoms with van der Waals surface area (Å²) in [7, 11) is 0. The summed E-state index contributed by atoms with van der Waals surface area (Å²) in [5.74, 6) is 0.279. The normalized spacial score (nSPS) is 21.8. The van der Waals surface area contributed by atoms with Crippen LogP contribution in [-0.2, 0) is 20.9 Å². The van der Waals surface area contributed by atoms with Gasteiger partial charge in [0, 0.05) is 39.3 Å². The Bertz CT molecular complexity index is 573. The molecule has 2 heterocycles. The molecule has 0 bridgehead atoms. The molecule has 6 nitrogen and oxygen atoms in total. The van der Waals surface area contributed by atoms with Gasteiger partial charge in [-0.2, -0.15) is 0 Å². The van der Waals surface area contributed by atoms with Crippen molar-refractivity contribution in [3.05, 3.63) is 35.9 Å². The average molecular weight is 345 g/mol. The molecule has 136 valence electrons. The van der Waals surface area contributed by atoms with E-state index < -0.39 is 0 Å². The average Bonchev–Trinajstić information content (AvgIpc) is 3.08. The van der Waals surface area contributed by atoms with Crippen molar-refractivity contribution in [2.24, 2.45) is 5.92 Å². The highest BCUT2D eigenvalue weighted by Crippen LogP contribution is 2.16. The molecular formula is C19H27N3O3. The highest BCUT2D eigenvalue weighted by Gasteiger charge is 2.29. The van der Waals surface area contributed by atoms with Crippen LogP contribution in [0.4, 0.5) is 0 Å². The van der Waals surface area contributed by atoms with E-state index in [0.717, 1.165) is 38.0 Å². The SMILES string of the molecule is O=C(CN1CCCN(C(=O)C2CCOC2)CC1)NCc1ccccc1. The summed E-state index contributed by atoms with van der Waals surface area (Å²) in [6, 6.07) is 9.91. The van der Waals surface area contributed by atoms with Gasteiger partial charge in [0.25, 0.3) is 0 Å². The molecule has 2 fully saturated rings. The van der Waals surface area contributed by atoms with Gasteiger partial charge in [-0.25, -0.2) is 0 Å². The molecular weight excluding hydrogens is 318 g/mol. The maximum atomic E-state index is 12.5. The van der Waals surface area contributed by atoms with Crippen LogP contribution in [-0.4, -0.2) is 67.6 Å². The highest BCUT2D eigenvalue weighted by atomic mass is 16.5. The van der Waals surface area contributed by atoms with Crippen LogP contribution in [0.3, 0.4) is 0 Å². The first-order valence-corrected chi connectivity index (χ1v) is 9.12. The van der Waals surface area contributed by atoms with Crippen LogP contribution in [0, 0.1) is 5.92 Å². The van der Waals surface area contributed by atoms with Gasteiger partial charge in [0.2, 0.25) is 11.8 Å². The van der Waals surface area contributed by atoms with Gasteiger partial charge in [0.1, 0.15) is 0 Å². The number of hydrogen-bond acceptors (Lipinski definition) is 4. The molecule has 1 unspecified atom stereocenters. The molecule has 0 aromatic heterocycles. The lowest BCUT2D eigenvalue weighted by atomic mass is 10.1. The molecule has 6 heteroatoms.